The summed E-state index contributed by atoms with van der Waals surface area (Å²) < 4.78 is 0. The number of nitrogens with one attached hydrogen (secondary N) is 1. The predicted octanol–water partition coefficient (Wildman–Crippen LogP) is 3.71. The molecule has 1 N–H and O–H groups in total. The molecule has 1 aromatic rings. The number of hydrogen-bond acceptors (Lipinski definition) is 1. The third kappa shape index (κ3) is 3.00. The summed E-state index contributed by atoms with van der Waals surface area (Å²) in [4.78, 5) is 0. The molecule has 1 atom stereocenters. The molecular formula is C12H18ClN. The van der Waals surface area contributed by atoms with Gasteiger partial charge in [0.2, 0.25) is 0 Å². The standard InChI is InChI=1S/C12H18ClN/c1-4-5-12(14-3)10-6-9(2)7-11(13)8-10/h6-8,12,14H,4-5H2,1-3H3. The Morgan fingerprint density at radius 1 is 1.36 bits per heavy atom. The highest BCUT2D eigenvalue weighted by molar-refractivity contribution is 6.30. The molecule has 2 heteroatoms. The van der Waals surface area contributed by atoms with Gasteiger partial charge in [-0.15, -0.1) is 0 Å². The molecule has 0 fully saturated rings. The van der Waals surface area contributed by atoms with Crippen molar-refractivity contribution >= 4 is 11.6 Å². The van der Waals surface area contributed by atoms with Crippen LogP contribution in [0.25, 0.3) is 0 Å². The van der Waals surface area contributed by atoms with E-state index < -0.39 is 0 Å². The van der Waals surface area contributed by atoms with E-state index in [9.17, 15) is 0 Å². The Morgan fingerprint density at radius 3 is 2.57 bits per heavy atom. The highest BCUT2D eigenvalue weighted by Gasteiger charge is 2.08. The summed E-state index contributed by atoms with van der Waals surface area (Å²) in [6, 6.07) is 6.66. The Morgan fingerprint density at radius 2 is 2.07 bits per heavy atom. The quantitative estimate of drug-likeness (QED) is 0.801. The van der Waals surface area contributed by atoms with Gasteiger partial charge in [0.25, 0.3) is 0 Å². The maximum absolute atomic E-state index is 6.02. The van der Waals surface area contributed by atoms with Crippen molar-refractivity contribution in [2.45, 2.75) is 32.7 Å². The van der Waals surface area contributed by atoms with Crippen LogP contribution in [0.4, 0.5) is 0 Å². The normalized spacial score (nSPS) is 12.9. The molecule has 0 aromatic heterocycles. The molecule has 0 aliphatic carbocycles. The van der Waals surface area contributed by atoms with Crippen molar-refractivity contribution in [1.29, 1.82) is 0 Å². The van der Waals surface area contributed by atoms with Gasteiger partial charge >= 0.3 is 0 Å². The van der Waals surface area contributed by atoms with Gasteiger partial charge in [-0.05, 0) is 43.7 Å². The van der Waals surface area contributed by atoms with E-state index in [0.717, 1.165) is 11.4 Å². The summed E-state index contributed by atoms with van der Waals surface area (Å²) in [6.07, 6.45) is 2.33. The van der Waals surface area contributed by atoms with Gasteiger partial charge in [-0.1, -0.05) is 31.0 Å². The summed E-state index contributed by atoms with van der Waals surface area (Å²) in [5, 5.41) is 4.15. The summed E-state index contributed by atoms with van der Waals surface area (Å²) in [7, 11) is 2.00. The monoisotopic (exact) mass is 211 g/mol. The molecule has 0 aliphatic rings. The maximum atomic E-state index is 6.02. The van der Waals surface area contributed by atoms with E-state index in [-0.39, 0.29) is 0 Å². The van der Waals surface area contributed by atoms with Crippen LogP contribution in [-0.4, -0.2) is 7.05 Å². The van der Waals surface area contributed by atoms with Gasteiger partial charge in [0.15, 0.2) is 0 Å². The van der Waals surface area contributed by atoms with Gasteiger partial charge < -0.3 is 5.32 Å². The van der Waals surface area contributed by atoms with Crippen LogP contribution in [0.2, 0.25) is 5.02 Å². The first-order valence-corrected chi connectivity index (χ1v) is 5.49. The predicted molar refractivity (Wildman–Crippen MR) is 62.9 cm³/mol. The fraction of sp³-hybridized carbons (Fsp3) is 0.500. The first-order valence-electron chi connectivity index (χ1n) is 5.11. The summed E-state index contributed by atoms with van der Waals surface area (Å²) in [5.74, 6) is 0. The lowest BCUT2D eigenvalue weighted by molar-refractivity contribution is 0.541. The molecule has 0 heterocycles. The molecule has 78 valence electrons. The van der Waals surface area contributed by atoms with Crippen LogP contribution in [0.15, 0.2) is 18.2 Å². The maximum Gasteiger partial charge on any atom is 0.0411 e. The lowest BCUT2D eigenvalue weighted by atomic mass is 10.0. The van der Waals surface area contributed by atoms with Crippen molar-refractivity contribution in [3.05, 3.63) is 34.3 Å². The lowest BCUT2D eigenvalue weighted by Crippen LogP contribution is -2.16. The number of halogens is 1. The van der Waals surface area contributed by atoms with Gasteiger partial charge in [0.05, 0.1) is 0 Å². The summed E-state index contributed by atoms with van der Waals surface area (Å²) >= 11 is 6.02. The van der Waals surface area contributed by atoms with Gasteiger partial charge in [0.1, 0.15) is 0 Å². The molecule has 0 bridgehead atoms. The van der Waals surface area contributed by atoms with E-state index in [1.54, 1.807) is 0 Å². The van der Waals surface area contributed by atoms with E-state index in [0.29, 0.717) is 6.04 Å². The Hall–Kier alpha value is -0.530. The molecule has 14 heavy (non-hydrogen) atoms. The highest BCUT2D eigenvalue weighted by atomic mass is 35.5. The minimum absolute atomic E-state index is 0.428. The second kappa shape index (κ2) is 5.38. The Bertz CT molecular complexity index is 276. The lowest BCUT2D eigenvalue weighted by Gasteiger charge is -2.16. The van der Waals surface area contributed by atoms with Gasteiger partial charge in [-0.3, -0.25) is 0 Å². The van der Waals surface area contributed by atoms with E-state index in [1.807, 2.05) is 19.2 Å². The number of aryl methyl sites for hydroxylation is 1. The molecule has 1 aromatic carbocycles. The van der Waals surface area contributed by atoms with E-state index >= 15 is 0 Å². The SMILES string of the molecule is CCCC(NC)c1cc(C)cc(Cl)c1. The molecule has 0 radical (unpaired) electrons. The van der Waals surface area contributed by atoms with Crippen LogP contribution in [0.1, 0.15) is 36.9 Å². The molecule has 0 spiro atoms. The third-order valence-electron chi connectivity index (χ3n) is 2.39. The smallest absolute Gasteiger partial charge is 0.0411 e. The summed E-state index contributed by atoms with van der Waals surface area (Å²) in [6.45, 7) is 4.27. The van der Waals surface area contributed by atoms with Crippen molar-refractivity contribution in [2.24, 2.45) is 0 Å². The molecular weight excluding hydrogens is 194 g/mol. The van der Waals surface area contributed by atoms with Crippen LogP contribution in [0.5, 0.6) is 0 Å². The molecule has 0 saturated carbocycles. The topological polar surface area (TPSA) is 12.0 Å². The van der Waals surface area contributed by atoms with E-state index in [4.69, 9.17) is 11.6 Å². The zero-order chi connectivity index (χ0) is 10.6. The van der Waals surface area contributed by atoms with Crippen molar-refractivity contribution < 1.29 is 0 Å². The minimum Gasteiger partial charge on any atom is -0.313 e. The molecule has 0 saturated heterocycles. The Kier molecular flexibility index (Phi) is 4.43. The van der Waals surface area contributed by atoms with Crippen molar-refractivity contribution in [2.75, 3.05) is 7.05 Å². The molecule has 1 unspecified atom stereocenters. The number of hydrogen-bond donors (Lipinski definition) is 1. The largest absolute Gasteiger partial charge is 0.313 e. The van der Waals surface area contributed by atoms with Crippen molar-refractivity contribution in [3.63, 3.8) is 0 Å². The van der Waals surface area contributed by atoms with Crippen LogP contribution in [-0.2, 0) is 0 Å². The van der Waals surface area contributed by atoms with Gasteiger partial charge in [-0.2, -0.15) is 0 Å². The van der Waals surface area contributed by atoms with Crippen LogP contribution in [0, 0.1) is 6.92 Å². The van der Waals surface area contributed by atoms with Crippen molar-refractivity contribution in [1.82, 2.24) is 5.32 Å². The van der Waals surface area contributed by atoms with Crippen LogP contribution < -0.4 is 5.32 Å². The fourth-order valence-electron chi connectivity index (χ4n) is 1.73. The molecule has 0 aliphatic heterocycles. The molecule has 0 amide bonds. The first-order chi connectivity index (χ1) is 6.67. The van der Waals surface area contributed by atoms with Crippen molar-refractivity contribution in [3.8, 4) is 0 Å². The zero-order valence-corrected chi connectivity index (χ0v) is 9.86. The second-order valence-electron chi connectivity index (χ2n) is 3.69. The van der Waals surface area contributed by atoms with Gasteiger partial charge in [-0.25, -0.2) is 0 Å². The van der Waals surface area contributed by atoms with E-state index in [2.05, 4.69) is 25.2 Å². The second-order valence-corrected chi connectivity index (χ2v) is 4.13. The van der Waals surface area contributed by atoms with Crippen LogP contribution in [0.3, 0.4) is 0 Å². The zero-order valence-electron chi connectivity index (χ0n) is 9.10. The Labute approximate surface area is 91.5 Å². The molecule has 1 nitrogen and oxygen atoms in total. The average molecular weight is 212 g/mol. The number of rotatable bonds is 4. The Balaban J connectivity index is 2.91. The molecule has 1 rings (SSSR count). The third-order valence-corrected chi connectivity index (χ3v) is 2.61. The van der Waals surface area contributed by atoms with Crippen LogP contribution >= 0.6 is 11.6 Å². The number of benzene rings is 1. The van der Waals surface area contributed by atoms with Gasteiger partial charge in [0, 0.05) is 11.1 Å². The first kappa shape index (κ1) is 11.5. The van der Waals surface area contributed by atoms with E-state index in [1.165, 1.54) is 17.5 Å². The average Bonchev–Trinajstić information content (AvgIpc) is 2.12. The minimum atomic E-state index is 0.428. The summed E-state index contributed by atoms with van der Waals surface area (Å²) in [5.41, 5.74) is 2.52. The fourth-order valence-corrected chi connectivity index (χ4v) is 2.03. The highest BCUT2D eigenvalue weighted by Crippen LogP contribution is 2.23.